The van der Waals surface area contributed by atoms with Crippen LogP contribution in [0, 0.1) is 17.8 Å². The van der Waals surface area contributed by atoms with Gasteiger partial charge in [0.1, 0.15) is 5.75 Å². The smallest absolute Gasteiger partial charge is 0.262 e. The molecular formula is C37H49ClN2O4S. The van der Waals surface area contributed by atoms with Crippen LogP contribution in [0.15, 0.2) is 48.6 Å². The van der Waals surface area contributed by atoms with Crippen molar-refractivity contribution in [1.29, 1.82) is 0 Å². The van der Waals surface area contributed by atoms with E-state index < -0.39 is 9.71 Å². The molecule has 1 saturated carbocycles. The minimum absolute atomic E-state index is 0.0632. The Morgan fingerprint density at radius 1 is 1.20 bits per heavy atom. The van der Waals surface area contributed by atoms with Gasteiger partial charge in [0, 0.05) is 41.5 Å². The third-order valence-electron chi connectivity index (χ3n) is 11.4. The maximum Gasteiger partial charge on any atom is 0.262 e. The van der Waals surface area contributed by atoms with Crippen LogP contribution in [0.25, 0.3) is 0 Å². The molecule has 2 heterocycles. The lowest BCUT2D eigenvalue weighted by atomic mass is 9.62. The Morgan fingerprint density at radius 2 is 2.02 bits per heavy atom. The van der Waals surface area contributed by atoms with Gasteiger partial charge in [0.05, 0.1) is 27.6 Å². The van der Waals surface area contributed by atoms with Crippen LogP contribution in [0.5, 0.6) is 5.75 Å². The van der Waals surface area contributed by atoms with E-state index >= 15 is 0 Å². The molecule has 45 heavy (non-hydrogen) atoms. The van der Waals surface area contributed by atoms with Crippen LogP contribution >= 0.6 is 11.6 Å². The van der Waals surface area contributed by atoms with E-state index in [-0.39, 0.29) is 28.1 Å². The first kappa shape index (κ1) is 32.5. The molecule has 1 spiro atoms. The molecular weight excluding hydrogens is 604 g/mol. The Bertz CT molecular complexity index is 1570. The predicted molar refractivity (Wildman–Crippen MR) is 186 cm³/mol. The highest BCUT2D eigenvalue weighted by atomic mass is 35.5. The van der Waals surface area contributed by atoms with Crippen molar-refractivity contribution in [3.8, 4) is 5.75 Å². The standard InChI is InChI=1S/C37H49ClN2O4S/c1-6-17-37(43-4)19-7-9-25(2)26(3)45(5,42)39-35(41)28-12-16-34-33(21-28)40(22-29-11-14-32(29)37)23-36(24-44-34)18-8-10-27-20-30(38)13-15-31(27)36/h7,12-13,15-16,19-21,25-26,29,32H,5-6,8-11,14,17-18,22-24H2,1-4H3,(H,39,41,42)/b19-7+/t25-,26+,29-,32+,36-,37-,45?/m0/s1. The largest absolute Gasteiger partial charge is 0.490 e. The molecule has 2 bridgehead atoms. The number of carbonyl (C=O) groups excluding carboxylic acids is 1. The second-order valence-corrected chi connectivity index (χ2v) is 17.0. The van der Waals surface area contributed by atoms with Crippen molar-refractivity contribution in [3.05, 3.63) is 70.3 Å². The average molecular weight is 653 g/mol. The number of amides is 1. The molecule has 0 radical (unpaired) electrons. The summed E-state index contributed by atoms with van der Waals surface area (Å²) in [5.41, 5.74) is 3.47. The van der Waals surface area contributed by atoms with Crippen LogP contribution < -0.4 is 14.4 Å². The summed E-state index contributed by atoms with van der Waals surface area (Å²) in [6, 6.07) is 12.0. The van der Waals surface area contributed by atoms with Gasteiger partial charge < -0.3 is 14.4 Å². The number of hydrogen-bond donors (Lipinski definition) is 1. The maximum atomic E-state index is 13.8. The van der Waals surface area contributed by atoms with Crippen LogP contribution in [0.3, 0.4) is 0 Å². The molecule has 1 amide bonds. The number of nitrogens with zero attached hydrogens (tertiary/aromatic N) is 1. The number of anilines is 1. The Hall–Kier alpha value is -2.48. The van der Waals surface area contributed by atoms with E-state index in [1.54, 1.807) is 6.07 Å². The molecule has 8 heteroatoms. The highest BCUT2D eigenvalue weighted by Gasteiger charge is 2.48. The third kappa shape index (κ3) is 6.05. The first-order valence-electron chi connectivity index (χ1n) is 16.7. The topological polar surface area (TPSA) is 67.9 Å². The van der Waals surface area contributed by atoms with Crippen LogP contribution in [-0.4, -0.2) is 53.6 Å². The lowest BCUT2D eigenvalue weighted by molar-refractivity contribution is -0.0803. The van der Waals surface area contributed by atoms with Crippen molar-refractivity contribution in [2.45, 2.75) is 88.4 Å². The Balaban J connectivity index is 1.46. The van der Waals surface area contributed by atoms with E-state index in [1.165, 1.54) is 11.1 Å². The molecule has 7 atom stereocenters. The Morgan fingerprint density at radius 3 is 2.76 bits per heavy atom. The third-order valence-corrected chi connectivity index (χ3v) is 13.8. The molecule has 1 N–H and O–H groups in total. The summed E-state index contributed by atoms with van der Waals surface area (Å²) in [5, 5.41) is 0.464. The second-order valence-electron chi connectivity index (χ2n) is 14.1. The number of rotatable bonds is 3. The van der Waals surface area contributed by atoms with Gasteiger partial charge in [-0.05, 0) is 117 Å². The SMILES string of the molecule is C=S1(=O)NC(=O)c2ccc3c(c2)N(C[C@@H]2CC[C@H]2[C@@](CCC)(OC)/C=C/C[C@H](C)[C@H]1C)C[C@@]1(CCCc2cc(Cl)ccc21)CO3. The van der Waals surface area contributed by atoms with Crippen LogP contribution in [0.4, 0.5) is 5.69 Å². The van der Waals surface area contributed by atoms with Gasteiger partial charge in [-0.25, -0.2) is 4.21 Å². The zero-order valence-corrected chi connectivity index (χ0v) is 28.9. The van der Waals surface area contributed by atoms with Gasteiger partial charge in [-0.1, -0.05) is 50.1 Å². The summed E-state index contributed by atoms with van der Waals surface area (Å²) in [6.45, 7) is 8.43. The molecule has 2 aliphatic carbocycles. The van der Waals surface area contributed by atoms with Gasteiger partial charge in [-0.3, -0.25) is 9.52 Å². The zero-order chi connectivity index (χ0) is 32.0. The number of halogens is 1. The van der Waals surface area contributed by atoms with Gasteiger partial charge in [-0.15, -0.1) is 0 Å². The zero-order valence-electron chi connectivity index (χ0n) is 27.3. The van der Waals surface area contributed by atoms with Crippen LogP contribution in [-0.2, 0) is 26.3 Å². The van der Waals surface area contributed by atoms with E-state index in [9.17, 15) is 9.00 Å². The van der Waals surface area contributed by atoms with E-state index in [0.717, 1.165) is 80.9 Å². The molecule has 1 unspecified atom stereocenters. The number of hydrogen-bond acceptors (Lipinski definition) is 5. The maximum absolute atomic E-state index is 13.8. The molecule has 0 saturated heterocycles. The highest BCUT2D eigenvalue weighted by Crippen LogP contribution is 2.50. The number of benzene rings is 2. The second kappa shape index (κ2) is 12.6. The van der Waals surface area contributed by atoms with Gasteiger partial charge in [0.25, 0.3) is 5.91 Å². The number of ether oxygens (including phenoxy) is 2. The highest BCUT2D eigenvalue weighted by molar-refractivity contribution is 7.99. The lowest BCUT2D eigenvalue weighted by Crippen LogP contribution is -2.53. The van der Waals surface area contributed by atoms with Crippen molar-refractivity contribution in [2.75, 3.05) is 31.7 Å². The van der Waals surface area contributed by atoms with Gasteiger partial charge in [-0.2, -0.15) is 0 Å². The van der Waals surface area contributed by atoms with Crippen molar-refractivity contribution in [3.63, 3.8) is 0 Å². The van der Waals surface area contributed by atoms with Crippen molar-refractivity contribution in [2.24, 2.45) is 17.8 Å². The van der Waals surface area contributed by atoms with Gasteiger partial charge >= 0.3 is 0 Å². The number of aryl methyl sites for hydroxylation is 1. The van der Waals surface area contributed by atoms with Crippen molar-refractivity contribution in [1.82, 2.24) is 4.72 Å². The van der Waals surface area contributed by atoms with Gasteiger partial charge in [0.2, 0.25) is 0 Å². The van der Waals surface area contributed by atoms with Crippen molar-refractivity contribution >= 4 is 38.8 Å². The quantitative estimate of drug-likeness (QED) is 0.277. The first-order valence-corrected chi connectivity index (χ1v) is 18.9. The molecule has 0 aromatic heterocycles. The number of carbonyl (C=O) groups is 1. The van der Waals surface area contributed by atoms with E-state index in [4.69, 9.17) is 21.1 Å². The summed E-state index contributed by atoms with van der Waals surface area (Å²) < 4.78 is 29.8. The molecule has 4 aliphatic rings. The first-order chi connectivity index (χ1) is 21.5. The lowest BCUT2D eigenvalue weighted by Gasteiger charge is -2.50. The van der Waals surface area contributed by atoms with E-state index in [0.29, 0.717) is 24.0 Å². The molecule has 6 nitrogen and oxygen atoms in total. The Labute approximate surface area is 275 Å². The number of fused-ring (bicyclic) bond motifs is 4. The number of methoxy groups -OCH3 is 1. The predicted octanol–water partition coefficient (Wildman–Crippen LogP) is 7.37. The minimum Gasteiger partial charge on any atom is -0.490 e. The van der Waals surface area contributed by atoms with Crippen LogP contribution in [0.2, 0.25) is 5.02 Å². The molecule has 2 aromatic carbocycles. The fourth-order valence-electron chi connectivity index (χ4n) is 8.43. The van der Waals surface area contributed by atoms with E-state index in [1.807, 2.05) is 32.2 Å². The Kier molecular flexibility index (Phi) is 9.10. The number of allylic oxidation sites excluding steroid dienone is 1. The number of nitrogens with one attached hydrogen (secondary N) is 1. The van der Waals surface area contributed by atoms with Crippen LogP contribution in [0.1, 0.15) is 87.2 Å². The summed E-state index contributed by atoms with van der Waals surface area (Å²) in [5.74, 6) is 5.31. The van der Waals surface area contributed by atoms with Gasteiger partial charge in [0.15, 0.2) is 0 Å². The van der Waals surface area contributed by atoms with E-state index in [2.05, 4.69) is 53.6 Å². The fraction of sp³-hybridized carbons (Fsp3) is 0.568. The van der Waals surface area contributed by atoms with Crippen molar-refractivity contribution < 1.29 is 18.5 Å². The molecule has 2 aliphatic heterocycles. The molecule has 6 rings (SSSR count). The fourth-order valence-corrected chi connectivity index (χ4v) is 10.1. The monoisotopic (exact) mass is 652 g/mol. The molecule has 2 aromatic rings. The normalized spacial score (nSPS) is 35.7. The average Bonchev–Trinajstić information content (AvgIpc) is 3.15. The minimum atomic E-state index is -2.91. The summed E-state index contributed by atoms with van der Waals surface area (Å²) in [6.07, 6.45) is 12.6. The summed E-state index contributed by atoms with van der Waals surface area (Å²) >= 11 is 6.46. The molecule has 244 valence electrons. The molecule has 1 fully saturated rings. The summed E-state index contributed by atoms with van der Waals surface area (Å²) in [4.78, 5) is 16.1. The summed E-state index contributed by atoms with van der Waals surface area (Å²) in [7, 11) is -1.05.